The van der Waals surface area contributed by atoms with Gasteiger partial charge in [0, 0.05) is 18.3 Å². The molecule has 0 saturated heterocycles. The highest BCUT2D eigenvalue weighted by Crippen LogP contribution is 2.67. The highest BCUT2D eigenvalue weighted by atomic mass is 16.5. The third-order valence-corrected chi connectivity index (χ3v) is 8.79. The Labute approximate surface area is 171 Å². The van der Waals surface area contributed by atoms with Gasteiger partial charge in [0.25, 0.3) is 0 Å². The van der Waals surface area contributed by atoms with Crippen LogP contribution in [0.1, 0.15) is 65.7 Å². The van der Waals surface area contributed by atoms with Gasteiger partial charge >= 0.3 is 12.2 Å². The van der Waals surface area contributed by atoms with Crippen molar-refractivity contribution in [2.75, 3.05) is 0 Å². The molecule has 6 heteroatoms. The normalized spacial score (nSPS) is 43.2. The number of Topliss-reactive ketones (excluding diaryl/α,β-unsaturated/α-hetero) is 1. The topological polar surface area (TPSA) is 96.8 Å². The molecule has 7 atom stereocenters. The fraction of sp³-hybridized carbons (Fsp3) is 0.739. The summed E-state index contributed by atoms with van der Waals surface area (Å²) in [5, 5.41) is 0. The van der Waals surface area contributed by atoms with Gasteiger partial charge in [-0.25, -0.2) is 4.79 Å². The number of rotatable bonds is 3. The van der Waals surface area contributed by atoms with Crippen LogP contribution in [0.3, 0.4) is 0 Å². The van der Waals surface area contributed by atoms with E-state index in [0.29, 0.717) is 24.7 Å². The van der Waals surface area contributed by atoms with Gasteiger partial charge in [-0.15, -0.1) is 0 Å². The molecule has 29 heavy (non-hydrogen) atoms. The molecule has 0 amide bonds. The number of fused-ring (bicyclic) bond motifs is 5. The quantitative estimate of drug-likeness (QED) is 0.314. The summed E-state index contributed by atoms with van der Waals surface area (Å²) in [6.45, 7) is 6.11. The van der Waals surface area contributed by atoms with Crippen molar-refractivity contribution in [3.8, 4) is 0 Å². The van der Waals surface area contributed by atoms with E-state index in [-0.39, 0.29) is 40.3 Å². The second-order valence-corrected chi connectivity index (χ2v) is 10.1. The van der Waals surface area contributed by atoms with Crippen LogP contribution in [0.25, 0.3) is 5.53 Å². The monoisotopic (exact) mass is 398 g/mol. The van der Waals surface area contributed by atoms with Crippen LogP contribution in [0.2, 0.25) is 0 Å². The van der Waals surface area contributed by atoms with Crippen molar-refractivity contribution in [1.29, 1.82) is 0 Å². The zero-order chi connectivity index (χ0) is 21.0. The number of ketones is 2. The van der Waals surface area contributed by atoms with Gasteiger partial charge in [-0.1, -0.05) is 19.4 Å². The molecule has 6 nitrogen and oxygen atoms in total. The van der Waals surface area contributed by atoms with E-state index in [1.165, 1.54) is 5.57 Å². The minimum Gasteiger partial charge on any atom is -0.454 e. The Bertz CT molecular complexity index is 842. The lowest BCUT2D eigenvalue weighted by Gasteiger charge is -2.60. The molecule has 0 N–H and O–H groups in total. The highest BCUT2D eigenvalue weighted by molar-refractivity contribution is 6.20. The summed E-state index contributed by atoms with van der Waals surface area (Å²) in [5.74, 6) is 0.670. The second kappa shape index (κ2) is 7.02. The maximum atomic E-state index is 12.4. The number of esters is 1. The fourth-order valence-electron chi connectivity index (χ4n) is 7.66. The molecular weight excluding hydrogens is 368 g/mol. The number of hydrogen-bond donors (Lipinski definition) is 0. The lowest BCUT2D eigenvalue weighted by molar-refractivity contribution is -0.173. The Morgan fingerprint density at radius 2 is 2.00 bits per heavy atom. The smallest absolute Gasteiger partial charge is 0.413 e. The predicted molar refractivity (Wildman–Crippen MR) is 106 cm³/mol. The fourth-order valence-corrected chi connectivity index (χ4v) is 7.66. The minimum absolute atomic E-state index is 0.00107. The maximum absolute atomic E-state index is 12.4. The first kappa shape index (κ1) is 20.2. The van der Waals surface area contributed by atoms with E-state index in [4.69, 9.17) is 10.3 Å². The molecule has 0 aromatic carbocycles. The van der Waals surface area contributed by atoms with Crippen LogP contribution >= 0.6 is 0 Å². The summed E-state index contributed by atoms with van der Waals surface area (Å²) in [6, 6.07) is 0. The van der Waals surface area contributed by atoms with Gasteiger partial charge in [-0.3, -0.25) is 9.59 Å². The first-order valence-electron chi connectivity index (χ1n) is 10.8. The van der Waals surface area contributed by atoms with E-state index < -0.39 is 5.97 Å². The van der Waals surface area contributed by atoms with Crippen LogP contribution in [-0.2, 0) is 19.1 Å². The Balaban J connectivity index is 1.77. The molecule has 0 unspecified atom stereocenters. The van der Waals surface area contributed by atoms with Crippen molar-refractivity contribution in [1.82, 2.24) is 0 Å². The van der Waals surface area contributed by atoms with Crippen molar-refractivity contribution >= 4 is 23.8 Å². The van der Waals surface area contributed by atoms with E-state index in [1.807, 2.05) is 6.08 Å². The van der Waals surface area contributed by atoms with E-state index in [2.05, 4.69) is 18.6 Å². The standard InChI is InChI=1S/C23H30N2O4/c1-13(26)17-6-7-18-16-5-4-14-10-15(27)8-9-22(14,2)21(16)19(11-23(17,18)3)29-20(28)12-25-24/h10,12,16-19,21H,4-9,11H2,1-3H3/t16-,17+,18-,19+,21+,22-,23-/m0/s1. The molecule has 0 bridgehead atoms. The molecule has 0 heterocycles. The summed E-state index contributed by atoms with van der Waals surface area (Å²) < 4.78 is 5.87. The zero-order valence-corrected chi connectivity index (χ0v) is 17.5. The van der Waals surface area contributed by atoms with Crippen LogP contribution in [0.4, 0.5) is 0 Å². The van der Waals surface area contributed by atoms with E-state index >= 15 is 0 Å². The van der Waals surface area contributed by atoms with Crippen molar-refractivity contribution in [2.24, 2.45) is 34.5 Å². The molecular formula is C23H30N2O4. The summed E-state index contributed by atoms with van der Waals surface area (Å²) in [7, 11) is 0. The van der Waals surface area contributed by atoms with Crippen LogP contribution in [0, 0.1) is 34.5 Å². The Hall–Kier alpha value is -2.07. The van der Waals surface area contributed by atoms with Crippen molar-refractivity contribution in [2.45, 2.75) is 71.8 Å². The molecule has 0 aromatic rings. The lowest BCUT2D eigenvalue weighted by atomic mass is 9.46. The van der Waals surface area contributed by atoms with Crippen LogP contribution in [0.15, 0.2) is 11.6 Å². The molecule has 4 aliphatic carbocycles. The van der Waals surface area contributed by atoms with Crippen molar-refractivity contribution in [3.05, 3.63) is 17.2 Å². The maximum Gasteiger partial charge on any atom is 0.413 e. The molecule has 0 aliphatic heterocycles. The number of nitrogens with zero attached hydrogens (tertiary/aromatic N) is 2. The van der Waals surface area contributed by atoms with E-state index in [9.17, 15) is 14.4 Å². The highest BCUT2D eigenvalue weighted by Gasteiger charge is 2.63. The van der Waals surface area contributed by atoms with Gasteiger partial charge in [0.15, 0.2) is 5.78 Å². The minimum atomic E-state index is -0.651. The average molecular weight is 399 g/mol. The number of carbonyl (C=O) groups is 3. The Kier molecular flexibility index (Phi) is 4.89. The molecule has 4 rings (SSSR count). The van der Waals surface area contributed by atoms with Gasteiger partial charge in [0.1, 0.15) is 11.9 Å². The molecule has 3 fully saturated rings. The predicted octanol–water partition coefficient (Wildman–Crippen LogP) is 3.55. The number of carbonyl (C=O) groups excluding carboxylic acids is 3. The lowest BCUT2D eigenvalue weighted by Crippen LogP contribution is -2.58. The van der Waals surface area contributed by atoms with Crippen LogP contribution in [-0.4, -0.2) is 34.6 Å². The van der Waals surface area contributed by atoms with Gasteiger partial charge < -0.3 is 10.3 Å². The van der Waals surface area contributed by atoms with E-state index in [1.54, 1.807) is 6.92 Å². The van der Waals surface area contributed by atoms with E-state index in [0.717, 1.165) is 38.3 Å². The van der Waals surface area contributed by atoms with Gasteiger partial charge in [-0.05, 0) is 74.2 Å². The van der Waals surface area contributed by atoms with Gasteiger partial charge in [0.05, 0.1) is 0 Å². The summed E-state index contributed by atoms with van der Waals surface area (Å²) in [4.78, 5) is 39.6. The molecule has 4 aliphatic rings. The Morgan fingerprint density at radius 3 is 2.69 bits per heavy atom. The number of ether oxygens (including phenoxy) is 1. The van der Waals surface area contributed by atoms with Crippen molar-refractivity contribution in [3.63, 3.8) is 0 Å². The molecule has 0 radical (unpaired) electrons. The summed E-state index contributed by atoms with van der Waals surface area (Å²) in [5.41, 5.74) is 9.59. The second-order valence-electron chi connectivity index (χ2n) is 10.1. The van der Waals surface area contributed by atoms with Gasteiger partial charge in [-0.2, -0.15) is 4.79 Å². The first-order chi connectivity index (χ1) is 13.7. The number of allylic oxidation sites excluding steroid dienone is 1. The van der Waals surface area contributed by atoms with Crippen LogP contribution < -0.4 is 0 Å². The third kappa shape index (κ3) is 3.04. The average Bonchev–Trinajstić information content (AvgIpc) is 2.99. The summed E-state index contributed by atoms with van der Waals surface area (Å²) in [6.07, 6.45) is 8.03. The largest absolute Gasteiger partial charge is 0.454 e. The first-order valence-corrected chi connectivity index (χ1v) is 10.8. The van der Waals surface area contributed by atoms with Crippen molar-refractivity contribution < 1.29 is 23.9 Å². The molecule has 156 valence electrons. The Morgan fingerprint density at radius 1 is 1.24 bits per heavy atom. The molecule has 3 saturated carbocycles. The van der Waals surface area contributed by atoms with Crippen LogP contribution in [0.5, 0.6) is 0 Å². The SMILES string of the molecule is CC(=O)[C@H]1CC[C@H]2[C@@H]3CCC4=CC(=O)CC[C@]4(C)[C@H]3[C@H](OC(=O)C=[N+]=[N-])C[C@@]12C. The van der Waals surface area contributed by atoms with Gasteiger partial charge in [0.2, 0.25) is 0 Å². The number of hydrogen-bond acceptors (Lipinski definition) is 4. The zero-order valence-electron chi connectivity index (χ0n) is 17.5. The molecule has 0 aromatic heterocycles. The molecule has 0 spiro atoms. The summed E-state index contributed by atoms with van der Waals surface area (Å²) >= 11 is 0. The third-order valence-electron chi connectivity index (χ3n) is 8.79.